The maximum absolute atomic E-state index is 11.8. The summed E-state index contributed by atoms with van der Waals surface area (Å²) in [5, 5.41) is 4.84. The van der Waals surface area contributed by atoms with Gasteiger partial charge in [0.2, 0.25) is 0 Å². The third kappa shape index (κ3) is 3.92. The number of benzene rings is 1. The summed E-state index contributed by atoms with van der Waals surface area (Å²) in [4.78, 5) is 23.6. The zero-order valence-corrected chi connectivity index (χ0v) is 16.0. The van der Waals surface area contributed by atoms with E-state index in [2.05, 4.69) is 55.8 Å². The SMILES string of the molecule is CCOc1c(I)cc(C=C2C(=O)NC(=S)NC2=O)cc1I. The first kappa shape index (κ1) is 16.6. The molecule has 0 radical (unpaired) electrons. The summed E-state index contributed by atoms with van der Waals surface area (Å²) in [5.41, 5.74) is 0.778. The fraction of sp³-hybridized carbons (Fsp3) is 0.154. The largest absolute Gasteiger partial charge is 0.492 e. The van der Waals surface area contributed by atoms with Crippen molar-refractivity contribution in [2.75, 3.05) is 6.61 Å². The number of carbonyl (C=O) groups excluding carboxylic acids is 2. The highest BCUT2D eigenvalue weighted by Gasteiger charge is 2.25. The molecule has 2 rings (SSSR count). The van der Waals surface area contributed by atoms with E-state index in [1.807, 2.05) is 19.1 Å². The summed E-state index contributed by atoms with van der Waals surface area (Å²) >= 11 is 9.08. The molecule has 0 saturated carbocycles. The van der Waals surface area contributed by atoms with Crippen LogP contribution in [0.15, 0.2) is 17.7 Å². The Balaban J connectivity index is 2.39. The minimum atomic E-state index is -0.498. The molecule has 1 saturated heterocycles. The lowest BCUT2D eigenvalue weighted by atomic mass is 10.1. The molecule has 1 aromatic carbocycles. The van der Waals surface area contributed by atoms with E-state index < -0.39 is 11.8 Å². The van der Waals surface area contributed by atoms with Crippen molar-refractivity contribution in [3.8, 4) is 5.75 Å². The molecule has 0 spiro atoms. The molecule has 0 atom stereocenters. The monoisotopic (exact) mass is 528 g/mol. The van der Waals surface area contributed by atoms with Gasteiger partial charge in [-0.2, -0.15) is 0 Å². The summed E-state index contributed by atoms with van der Waals surface area (Å²) in [5.74, 6) is -0.190. The highest BCUT2D eigenvalue weighted by Crippen LogP contribution is 2.29. The van der Waals surface area contributed by atoms with Gasteiger partial charge in [-0.15, -0.1) is 0 Å². The number of amides is 2. The molecule has 1 aromatic rings. The fourth-order valence-corrected chi connectivity index (χ4v) is 4.03. The van der Waals surface area contributed by atoms with Crippen molar-refractivity contribution in [1.29, 1.82) is 0 Å². The van der Waals surface area contributed by atoms with E-state index in [9.17, 15) is 9.59 Å². The Morgan fingerprint density at radius 2 is 1.71 bits per heavy atom. The van der Waals surface area contributed by atoms with Gasteiger partial charge in [-0.05, 0) is 88.1 Å². The Hall–Kier alpha value is -0.750. The van der Waals surface area contributed by atoms with Gasteiger partial charge in [0.1, 0.15) is 11.3 Å². The number of ether oxygens (including phenoxy) is 1. The molecule has 1 aliphatic heterocycles. The van der Waals surface area contributed by atoms with Crippen molar-refractivity contribution in [2.24, 2.45) is 0 Å². The second-order valence-electron chi connectivity index (χ2n) is 4.04. The van der Waals surface area contributed by atoms with Crippen LogP contribution in [0.25, 0.3) is 6.08 Å². The number of hydrogen-bond donors (Lipinski definition) is 2. The Labute approximate surface area is 154 Å². The van der Waals surface area contributed by atoms with Crippen LogP contribution in [0, 0.1) is 7.14 Å². The topological polar surface area (TPSA) is 67.4 Å². The lowest BCUT2D eigenvalue weighted by molar-refractivity contribution is -0.123. The van der Waals surface area contributed by atoms with Gasteiger partial charge in [0.25, 0.3) is 11.8 Å². The van der Waals surface area contributed by atoms with Gasteiger partial charge in [-0.3, -0.25) is 20.2 Å². The van der Waals surface area contributed by atoms with Crippen LogP contribution in [-0.2, 0) is 9.59 Å². The summed E-state index contributed by atoms with van der Waals surface area (Å²) < 4.78 is 7.39. The van der Waals surface area contributed by atoms with Gasteiger partial charge in [-0.1, -0.05) is 0 Å². The zero-order chi connectivity index (χ0) is 15.6. The van der Waals surface area contributed by atoms with Crippen LogP contribution < -0.4 is 15.4 Å². The minimum absolute atomic E-state index is 0.0259. The van der Waals surface area contributed by atoms with Crippen LogP contribution in [0.2, 0.25) is 0 Å². The van der Waals surface area contributed by atoms with Crippen LogP contribution in [0.1, 0.15) is 12.5 Å². The molecular formula is C13H10I2N2O3S. The molecule has 1 fully saturated rings. The molecule has 21 heavy (non-hydrogen) atoms. The van der Waals surface area contributed by atoms with Crippen LogP contribution >= 0.6 is 57.4 Å². The van der Waals surface area contributed by atoms with E-state index in [0.29, 0.717) is 6.61 Å². The Kier molecular flexibility index (Phi) is 5.54. The molecule has 8 heteroatoms. The number of rotatable bonds is 3. The molecule has 0 bridgehead atoms. The summed E-state index contributed by atoms with van der Waals surface area (Å²) in [6, 6.07) is 3.71. The van der Waals surface area contributed by atoms with Crippen LogP contribution in [-0.4, -0.2) is 23.5 Å². The number of hydrogen-bond acceptors (Lipinski definition) is 4. The van der Waals surface area contributed by atoms with Gasteiger partial charge < -0.3 is 4.74 Å². The van der Waals surface area contributed by atoms with E-state index >= 15 is 0 Å². The highest BCUT2D eigenvalue weighted by atomic mass is 127. The van der Waals surface area contributed by atoms with Gasteiger partial charge >= 0.3 is 0 Å². The fourth-order valence-electron chi connectivity index (χ4n) is 1.72. The number of carbonyl (C=O) groups is 2. The van der Waals surface area contributed by atoms with Gasteiger partial charge in [0.05, 0.1) is 13.7 Å². The molecule has 0 aromatic heterocycles. The maximum Gasteiger partial charge on any atom is 0.263 e. The third-order valence-corrected chi connectivity index (χ3v) is 4.37. The van der Waals surface area contributed by atoms with Gasteiger partial charge in [0.15, 0.2) is 5.11 Å². The molecule has 1 heterocycles. The van der Waals surface area contributed by atoms with Crippen molar-refractivity contribution in [3.05, 3.63) is 30.4 Å². The Morgan fingerprint density at radius 1 is 1.19 bits per heavy atom. The number of halogens is 2. The standard InChI is InChI=1S/C13H10I2N2O3S/c1-2-20-10-8(14)4-6(5-9(10)15)3-7-11(18)16-13(21)17-12(7)19/h3-5H,2H2,1H3,(H2,16,17,18,19,21). The molecule has 5 nitrogen and oxygen atoms in total. The summed E-state index contributed by atoms with van der Waals surface area (Å²) in [6.45, 7) is 2.50. The summed E-state index contributed by atoms with van der Waals surface area (Å²) in [6.07, 6.45) is 1.53. The van der Waals surface area contributed by atoms with Crippen molar-refractivity contribution in [3.63, 3.8) is 0 Å². The first-order valence-corrected chi connectivity index (χ1v) is 8.49. The van der Waals surface area contributed by atoms with E-state index in [-0.39, 0.29) is 10.7 Å². The van der Waals surface area contributed by atoms with Crippen LogP contribution in [0.4, 0.5) is 0 Å². The lowest BCUT2D eigenvalue weighted by Crippen LogP contribution is -2.51. The van der Waals surface area contributed by atoms with Crippen LogP contribution in [0.3, 0.4) is 0 Å². The first-order valence-electron chi connectivity index (χ1n) is 5.92. The normalized spacial score (nSPS) is 14.6. The molecule has 2 N–H and O–H groups in total. The molecule has 110 valence electrons. The lowest BCUT2D eigenvalue weighted by Gasteiger charge is -2.16. The van der Waals surface area contributed by atoms with Crippen molar-refractivity contribution in [1.82, 2.24) is 10.6 Å². The average molecular weight is 528 g/mol. The van der Waals surface area contributed by atoms with Crippen molar-refractivity contribution in [2.45, 2.75) is 6.92 Å². The molecular weight excluding hydrogens is 518 g/mol. The molecule has 0 aliphatic carbocycles. The van der Waals surface area contributed by atoms with Gasteiger partial charge in [0, 0.05) is 0 Å². The quantitative estimate of drug-likeness (QED) is 0.274. The summed E-state index contributed by atoms with van der Waals surface area (Å²) in [7, 11) is 0. The van der Waals surface area contributed by atoms with Crippen LogP contribution in [0.5, 0.6) is 5.75 Å². The van der Waals surface area contributed by atoms with Crippen molar-refractivity contribution < 1.29 is 14.3 Å². The van der Waals surface area contributed by atoms with E-state index in [4.69, 9.17) is 17.0 Å². The molecule has 0 unspecified atom stereocenters. The molecule has 1 aliphatic rings. The maximum atomic E-state index is 11.8. The smallest absolute Gasteiger partial charge is 0.263 e. The first-order chi connectivity index (χ1) is 9.92. The Morgan fingerprint density at radius 3 is 2.19 bits per heavy atom. The van der Waals surface area contributed by atoms with E-state index in [1.165, 1.54) is 6.08 Å². The third-order valence-electron chi connectivity index (χ3n) is 2.56. The highest BCUT2D eigenvalue weighted by molar-refractivity contribution is 14.1. The number of thiocarbonyl (C=S) groups is 1. The number of nitrogens with one attached hydrogen (secondary N) is 2. The van der Waals surface area contributed by atoms with Gasteiger partial charge in [-0.25, -0.2) is 0 Å². The van der Waals surface area contributed by atoms with E-state index in [1.54, 1.807) is 0 Å². The second kappa shape index (κ2) is 7.01. The molecule has 2 amide bonds. The van der Waals surface area contributed by atoms with Crippen molar-refractivity contribution >= 4 is 80.4 Å². The predicted molar refractivity (Wildman–Crippen MR) is 99.9 cm³/mol. The average Bonchev–Trinajstić information content (AvgIpc) is 2.38. The van der Waals surface area contributed by atoms with E-state index in [0.717, 1.165) is 18.5 Å². The second-order valence-corrected chi connectivity index (χ2v) is 6.77. The predicted octanol–water partition coefficient (Wildman–Crippen LogP) is 2.21. The Bertz CT molecular complexity index is 628. The zero-order valence-electron chi connectivity index (χ0n) is 10.8. The minimum Gasteiger partial charge on any atom is -0.492 e.